The lowest BCUT2D eigenvalue weighted by Crippen LogP contribution is -2.19. The van der Waals surface area contributed by atoms with Crippen molar-refractivity contribution in [2.45, 2.75) is 13.0 Å². The van der Waals surface area contributed by atoms with E-state index in [1.54, 1.807) is 12.4 Å². The van der Waals surface area contributed by atoms with E-state index in [9.17, 15) is 0 Å². The summed E-state index contributed by atoms with van der Waals surface area (Å²) in [4.78, 5) is 10.2. The standard InChI is InChI=1S/C12H15ClN4/c1-16(11-3-4-15-12(13)9-11)6-2-7-17-8-5-14-10-17/h3-5,8-10H,2,6-7H2,1H3. The van der Waals surface area contributed by atoms with Gasteiger partial charge < -0.3 is 9.47 Å². The van der Waals surface area contributed by atoms with Crippen LogP contribution in [0.5, 0.6) is 0 Å². The Kier molecular flexibility index (Phi) is 3.98. The summed E-state index contributed by atoms with van der Waals surface area (Å²) in [7, 11) is 2.06. The Morgan fingerprint density at radius 2 is 2.29 bits per heavy atom. The highest BCUT2D eigenvalue weighted by molar-refractivity contribution is 6.29. The van der Waals surface area contributed by atoms with E-state index in [2.05, 4.69) is 26.5 Å². The molecule has 0 amide bonds. The summed E-state index contributed by atoms with van der Waals surface area (Å²) in [6.07, 6.45) is 8.40. The molecule has 0 N–H and O–H groups in total. The van der Waals surface area contributed by atoms with Crippen LogP contribution >= 0.6 is 11.6 Å². The lowest BCUT2D eigenvalue weighted by atomic mass is 10.3. The number of hydrogen-bond acceptors (Lipinski definition) is 3. The minimum absolute atomic E-state index is 0.531. The van der Waals surface area contributed by atoms with Gasteiger partial charge in [-0.1, -0.05) is 11.6 Å². The van der Waals surface area contributed by atoms with E-state index >= 15 is 0 Å². The van der Waals surface area contributed by atoms with Crippen LogP contribution in [0.3, 0.4) is 0 Å². The quantitative estimate of drug-likeness (QED) is 0.765. The first-order valence-corrected chi connectivity index (χ1v) is 5.92. The molecule has 0 spiro atoms. The molecule has 0 unspecified atom stereocenters. The number of aromatic nitrogens is 3. The van der Waals surface area contributed by atoms with Crippen LogP contribution in [0.25, 0.3) is 0 Å². The molecule has 0 atom stereocenters. The molecule has 4 nitrogen and oxygen atoms in total. The molecule has 0 saturated heterocycles. The van der Waals surface area contributed by atoms with Gasteiger partial charge in [-0.2, -0.15) is 0 Å². The van der Waals surface area contributed by atoms with Gasteiger partial charge in [-0.15, -0.1) is 0 Å². The van der Waals surface area contributed by atoms with Crippen LogP contribution < -0.4 is 4.90 Å². The molecule has 0 aliphatic carbocycles. The first-order valence-electron chi connectivity index (χ1n) is 5.54. The Morgan fingerprint density at radius 1 is 1.41 bits per heavy atom. The molecule has 2 rings (SSSR count). The van der Waals surface area contributed by atoms with Crippen molar-refractivity contribution in [3.05, 3.63) is 42.2 Å². The van der Waals surface area contributed by atoms with Crippen molar-refractivity contribution in [1.29, 1.82) is 0 Å². The smallest absolute Gasteiger partial charge is 0.131 e. The maximum Gasteiger partial charge on any atom is 0.131 e. The zero-order chi connectivity index (χ0) is 12.1. The van der Waals surface area contributed by atoms with Gasteiger partial charge in [0, 0.05) is 44.4 Å². The zero-order valence-electron chi connectivity index (χ0n) is 9.75. The van der Waals surface area contributed by atoms with E-state index < -0.39 is 0 Å². The van der Waals surface area contributed by atoms with Crippen LogP contribution in [0.1, 0.15) is 6.42 Å². The number of pyridine rings is 1. The predicted octanol–water partition coefficient (Wildman–Crippen LogP) is 2.46. The molecule has 0 aliphatic rings. The van der Waals surface area contributed by atoms with Crippen molar-refractivity contribution >= 4 is 17.3 Å². The van der Waals surface area contributed by atoms with Crippen molar-refractivity contribution in [3.8, 4) is 0 Å². The molecule has 2 heterocycles. The Labute approximate surface area is 106 Å². The zero-order valence-corrected chi connectivity index (χ0v) is 10.5. The molecular formula is C12H15ClN4. The number of aryl methyl sites for hydroxylation is 1. The van der Waals surface area contributed by atoms with E-state index in [1.807, 2.05) is 24.7 Å². The molecule has 0 radical (unpaired) electrons. The van der Waals surface area contributed by atoms with Crippen LogP contribution in [0.4, 0.5) is 5.69 Å². The molecule has 90 valence electrons. The van der Waals surface area contributed by atoms with Crippen molar-refractivity contribution in [3.63, 3.8) is 0 Å². The second-order valence-corrected chi connectivity index (χ2v) is 4.30. The maximum absolute atomic E-state index is 5.85. The van der Waals surface area contributed by atoms with Gasteiger partial charge >= 0.3 is 0 Å². The lowest BCUT2D eigenvalue weighted by molar-refractivity contribution is 0.637. The van der Waals surface area contributed by atoms with Crippen molar-refractivity contribution in [2.24, 2.45) is 0 Å². The average Bonchev–Trinajstić information content (AvgIpc) is 2.82. The molecule has 2 aromatic rings. The molecule has 5 heteroatoms. The minimum atomic E-state index is 0.531. The highest BCUT2D eigenvalue weighted by Gasteiger charge is 2.01. The summed E-state index contributed by atoms with van der Waals surface area (Å²) >= 11 is 5.85. The van der Waals surface area contributed by atoms with Gasteiger partial charge in [-0.3, -0.25) is 0 Å². The van der Waals surface area contributed by atoms with Gasteiger partial charge in [-0.05, 0) is 18.6 Å². The third kappa shape index (κ3) is 3.46. The Hall–Kier alpha value is -1.55. The maximum atomic E-state index is 5.85. The lowest BCUT2D eigenvalue weighted by Gasteiger charge is -2.19. The van der Waals surface area contributed by atoms with Crippen LogP contribution in [0.15, 0.2) is 37.1 Å². The van der Waals surface area contributed by atoms with Crippen molar-refractivity contribution in [1.82, 2.24) is 14.5 Å². The fraction of sp³-hybridized carbons (Fsp3) is 0.333. The molecule has 0 aromatic carbocycles. The number of hydrogen-bond donors (Lipinski definition) is 0. The first-order chi connectivity index (χ1) is 8.25. The predicted molar refractivity (Wildman–Crippen MR) is 69.4 cm³/mol. The number of nitrogens with zero attached hydrogens (tertiary/aromatic N) is 4. The summed E-state index contributed by atoms with van der Waals surface area (Å²) in [5, 5.41) is 0.531. The molecule has 2 aromatic heterocycles. The molecule has 0 bridgehead atoms. The first kappa shape index (κ1) is 11.9. The fourth-order valence-corrected chi connectivity index (χ4v) is 1.84. The van der Waals surface area contributed by atoms with Gasteiger partial charge in [0.15, 0.2) is 0 Å². The van der Waals surface area contributed by atoms with Gasteiger partial charge in [0.1, 0.15) is 5.15 Å². The number of imidazole rings is 1. The average molecular weight is 251 g/mol. The minimum Gasteiger partial charge on any atom is -0.374 e. The normalized spacial score (nSPS) is 10.5. The Morgan fingerprint density at radius 3 is 3.00 bits per heavy atom. The van der Waals surface area contributed by atoms with E-state index in [-0.39, 0.29) is 0 Å². The number of rotatable bonds is 5. The summed E-state index contributed by atoms with van der Waals surface area (Å²) in [5.41, 5.74) is 1.09. The van der Waals surface area contributed by atoms with Gasteiger partial charge in [0.25, 0.3) is 0 Å². The molecule has 0 fully saturated rings. The Balaban J connectivity index is 1.83. The Bertz CT molecular complexity index is 455. The second kappa shape index (κ2) is 5.68. The fourth-order valence-electron chi connectivity index (χ4n) is 1.67. The number of halogens is 1. The summed E-state index contributed by atoms with van der Waals surface area (Å²) in [6, 6.07) is 3.84. The largest absolute Gasteiger partial charge is 0.374 e. The summed E-state index contributed by atoms with van der Waals surface area (Å²) in [6.45, 7) is 1.95. The SMILES string of the molecule is CN(CCCn1ccnc1)c1ccnc(Cl)c1. The van der Waals surface area contributed by atoms with E-state index in [4.69, 9.17) is 11.6 Å². The van der Waals surface area contributed by atoms with Crippen molar-refractivity contribution < 1.29 is 0 Å². The van der Waals surface area contributed by atoms with Crippen LogP contribution in [-0.2, 0) is 6.54 Å². The highest BCUT2D eigenvalue weighted by Crippen LogP contribution is 2.15. The van der Waals surface area contributed by atoms with E-state index in [1.165, 1.54) is 0 Å². The van der Waals surface area contributed by atoms with Gasteiger partial charge in [-0.25, -0.2) is 9.97 Å². The van der Waals surface area contributed by atoms with Crippen LogP contribution in [0.2, 0.25) is 5.15 Å². The van der Waals surface area contributed by atoms with Gasteiger partial charge in [0.05, 0.1) is 6.33 Å². The summed E-state index contributed by atoms with van der Waals surface area (Å²) in [5.74, 6) is 0. The second-order valence-electron chi connectivity index (χ2n) is 3.91. The molecular weight excluding hydrogens is 236 g/mol. The topological polar surface area (TPSA) is 34.0 Å². The van der Waals surface area contributed by atoms with Gasteiger partial charge in [0.2, 0.25) is 0 Å². The molecule has 0 aliphatic heterocycles. The third-order valence-corrected chi connectivity index (χ3v) is 2.83. The molecule has 0 saturated carbocycles. The monoisotopic (exact) mass is 250 g/mol. The van der Waals surface area contributed by atoms with Crippen LogP contribution in [0, 0.1) is 0 Å². The number of anilines is 1. The van der Waals surface area contributed by atoms with Crippen molar-refractivity contribution in [2.75, 3.05) is 18.5 Å². The summed E-state index contributed by atoms with van der Waals surface area (Å²) < 4.78 is 2.08. The van der Waals surface area contributed by atoms with E-state index in [0.717, 1.165) is 25.2 Å². The third-order valence-electron chi connectivity index (χ3n) is 2.62. The van der Waals surface area contributed by atoms with E-state index in [0.29, 0.717) is 5.15 Å². The van der Waals surface area contributed by atoms with Crippen LogP contribution in [-0.4, -0.2) is 28.1 Å². The highest BCUT2D eigenvalue weighted by atomic mass is 35.5. The molecule has 17 heavy (non-hydrogen) atoms.